The molecule has 1 heterocycles. The zero-order valence-corrected chi connectivity index (χ0v) is 12.7. The van der Waals surface area contributed by atoms with E-state index in [0.29, 0.717) is 6.42 Å². The molecule has 0 aromatic carbocycles. The molecule has 1 fully saturated rings. The van der Waals surface area contributed by atoms with E-state index < -0.39 is 0 Å². The third kappa shape index (κ3) is 9.04. The molecule has 112 valence electrons. The van der Waals surface area contributed by atoms with Crippen LogP contribution in [-0.4, -0.2) is 24.1 Å². The molecule has 0 radical (unpaired) electrons. The Morgan fingerprint density at radius 2 is 1.47 bits per heavy atom. The predicted octanol–water partition coefficient (Wildman–Crippen LogP) is 4.46. The summed E-state index contributed by atoms with van der Waals surface area (Å²) in [6.45, 7) is 4.08. The Morgan fingerprint density at radius 3 is 2.11 bits per heavy atom. The van der Waals surface area contributed by atoms with Crippen LogP contribution < -0.4 is 0 Å². The molecule has 1 saturated heterocycles. The molecule has 1 aliphatic heterocycles. The van der Waals surface area contributed by atoms with Crippen molar-refractivity contribution in [3.05, 3.63) is 0 Å². The molecule has 0 aromatic heterocycles. The summed E-state index contributed by atoms with van der Waals surface area (Å²) in [4.78, 5) is 17.0. The lowest BCUT2D eigenvalue weighted by Crippen LogP contribution is -2.32. The van der Waals surface area contributed by atoms with E-state index >= 15 is 0 Å². The van der Waals surface area contributed by atoms with Crippen molar-refractivity contribution in [2.45, 2.75) is 84.0 Å². The van der Waals surface area contributed by atoms with Crippen LogP contribution in [0.15, 0.2) is 0 Å². The molecule has 0 unspecified atom stereocenters. The minimum Gasteiger partial charge on any atom is -0.368 e. The summed E-state index contributed by atoms with van der Waals surface area (Å²) in [5.41, 5.74) is 0. The van der Waals surface area contributed by atoms with Gasteiger partial charge in [0.1, 0.15) is 0 Å². The standard InChI is InChI=1S/C16H31NO2/c1-2-3-4-5-6-7-8-10-13-16(18)19-17-14-11-9-12-15-17/h2-15H2,1H3. The maximum atomic E-state index is 11.6. The van der Waals surface area contributed by atoms with Gasteiger partial charge in [-0.2, -0.15) is 0 Å². The molecule has 0 atom stereocenters. The van der Waals surface area contributed by atoms with Gasteiger partial charge >= 0.3 is 5.97 Å². The van der Waals surface area contributed by atoms with Gasteiger partial charge in [0.2, 0.25) is 0 Å². The molecule has 1 rings (SSSR count). The first kappa shape index (κ1) is 16.5. The smallest absolute Gasteiger partial charge is 0.325 e. The van der Waals surface area contributed by atoms with Crippen molar-refractivity contribution in [3.63, 3.8) is 0 Å². The first-order valence-corrected chi connectivity index (χ1v) is 8.28. The highest BCUT2D eigenvalue weighted by molar-refractivity contribution is 5.68. The lowest BCUT2D eigenvalue weighted by Gasteiger charge is -2.24. The second-order valence-electron chi connectivity index (χ2n) is 5.68. The van der Waals surface area contributed by atoms with Gasteiger partial charge in [0.15, 0.2) is 0 Å². The fraction of sp³-hybridized carbons (Fsp3) is 0.938. The van der Waals surface area contributed by atoms with Gasteiger partial charge in [0, 0.05) is 19.5 Å². The number of carbonyl (C=O) groups is 1. The third-order valence-corrected chi connectivity index (χ3v) is 3.78. The summed E-state index contributed by atoms with van der Waals surface area (Å²) < 4.78 is 0. The zero-order valence-electron chi connectivity index (χ0n) is 12.7. The number of hydrogen-bond donors (Lipinski definition) is 0. The van der Waals surface area contributed by atoms with Gasteiger partial charge in [-0.25, -0.2) is 0 Å². The molecule has 3 nitrogen and oxygen atoms in total. The molecular formula is C16H31NO2. The number of hydrogen-bond acceptors (Lipinski definition) is 3. The highest BCUT2D eigenvalue weighted by Gasteiger charge is 2.14. The first-order valence-electron chi connectivity index (χ1n) is 8.28. The highest BCUT2D eigenvalue weighted by atomic mass is 16.7. The van der Waals surface area contributed by atoms with Crippen LogP contribution in [0.3, 0.4) is 0 Å². The molecule has 0 aromatic rings. The highest BCUT2D eigenvalue weighted by Crippen LogP contribution is 2.12. The maximum absolute atomic E-state index is 11.6. The zero-order chi connectivity index (χ0) is 13.8. The Morgan fingerprint density at radius 1 is 0.895 bits per heavy atom. The predicted molar refractivity (Wildman–Crippen MR) is 78.7 cm³/mol. The lowest BCUT2D eigenvalue weighted by atomic mass is 10.1. The van der Waals surface area contributed by atoms with Crippen LogP contribution in [0, 0.1) is 0 Å². The lowest BCUT2D eigenvalue weighted by molar-refractivity contribution is -0.194. The monoisotopic (exact) mass is 269 g/mol. The molecule has 0 amide bonds. The average molecular weight is 269 g/mol. The van der Waals surface area contributed by atoms with Crippen molar-refractivity contribution in [1.82, 2.24) is 5.06 Å². The molecule has 0 saturated carbocycles. The molecule has 0 aliphatic carbocycles. The van der Waals surface area contributed by atoms with E-state index in [4.69, 9.17) is 4.84 Å². The minimum absolute atomic E-state index is 0.0344. The van der Waals surface area contributed by atoms with E-state index in [1.165, 1.54) is 51.4 Å². The molecule has 0 bridgehead atoms. The van der Waals surface area contributed by atoms with Crippen LogP contribution in [-0.2, 0) is 9.63 Å². The van der Waals surface area contributed by atoms with Crippen molar-refractivity contribution in [1.29, 1.82) is 0 Å². The number of carbonyl (C=O) groups excluding carboxylic acids is 1. The Hall–Kier alpha value is -0.570. The maximum Gasteiger partial charge on any atom is 0.325 e. The third-order valence-electron chi connectivity index (χ3n) is 3.78. The van der Waals surface area contributed by atoms with Gasteiger partial charge in [0.25, 0.3) is 0 Å². The Labute approximate surface area is 118 Å². The second-order valence-corrected chi connectivity index (χ2v) is 5.68. The normalized spacial score (nSPS) is 16.5. The SMILES string of the molecule is CCCCCCCCCCC(=O)ON1CCCCC1. The number of piperidine rings is 1. The van der Waals surface area contributed by atoms with E-state index in [-0.39, 0.29) is 5.97 Å². The van der Waals surface area contributed by atoms with Crippen LogP contribution in [0.5, 0.6) is 0 Å². The van der Waals surface area contributed by atoms with Crippen molar-refractivity contribution < 1.29 is 9.63 Å². The van der Waals surface area contributed by atoms with Crippen molar-refractivity contribution in [2.24, 2.45) is 0 Å². The largest absolute Gasteiger partial charge is 0.368 e. The molecule has 3 heteroatoms. The van der Waals surface area contributed by atoms with E-state index in [0.717, 1.165) is 32.4 Å². The quantitative estimate of drug-likeness (QED) is 0.548. The number of nitrogens with zero attached hydrogens (tertiary/aromatic N) is 1. The van der Waals surface area contributed by atoms with Crippen LogP contribution in [0.2, 0.25) is 0 Å². The minimum atomic E-state index is -0.0344. The number of rotatable bonds is 10. The summed E-state index contributed by atoms with van der Waals surface area (Å²) in [7, 11) is 0. The topological polar surface area (TPSA) is 29.5 Å². The fourth-order valence-electron chi connectivity index (χ4n) is 2.55. The van der Waals surface area contributed by atoms with E-state index in [9.17, 15) is 4.79 Å². The van der Waals surface area contributed by atoms with Crippen LogP contribution in [0.4, 0.5) is 0 Å². The van der Waals surface area contributed by atoms with E-state index in [2.05, 4.69) is 6.92 Å². The van der Waals surface area contributed by atoms with Gasteiger partial charge in [0.05, 0.1) is 0 Å². The molecule has 0 N–H and O–H groups in total. The second kappa shape index (κ2) is 11.3. The number of unbranched alkanes of at least 4 members (excludes halogenated alkanes) is 7. The van der Waals surface area contributed by atoms with Gasteiger partial charge in [-0.3, -0.25) is 4.79 Å². The number of hydroxylamine groups is 2. The van der Waals surface area contributed by atoms with Gasteiger partial charge in [-0.05, 0) is 19.3 Å². The van der Waals surface area contributed by atoms with Gasteiger partial charge < -0.3 is 4.84 Å². The summed E-state index contributed by atoms with van der Waals surface area (Å²) >= 11 is 0. The van der Waals surface area contributed by atoms with Crippen LogP contribution in [0.1, 0.15) is 84.0 Å². The van der Waals surface area contributed by atoms with Crippen LogP contribution >= 0.6 is 0 Å². The van der Waals surface area contributed by atoms with Crippen LogP contribution in [0.25, 0.3) is 0 Å². The Bertz CT molecular complexity index is 225. The van der Waals surface area contributed by atoms with Gasteiger partial charge in [-0.1, -0.05) is 58.3 Å². The first-order chi connectivity index (χ1) is 9.33. The summed E-state index contributed by atoms with van der Waals surface area (Å²) in [5, 5.41) is 1.84. The summed E-state index contributed by atoms with van der Waals surface area (Å²) in [6.07, 6.45) is 14.3. The van der Waals surface area contributed by atoms with Crippen molar-refractivity contribution in [2.75, 3.05) is 13.1 Å². The molecule has 0 spiro atoms. The Kier molecular flexibility index (Phi) is 9.78. The molecule has 1 aliphatic rings. The van der Waals surface area contributed by atoms with Gasteiger partial charge in [-0.15, -0.1) is 5.06 Å². The van der Waals surface area contributed by atoms with E-state index in [1.54, 1.807) is 0 Å². The summed E-state index contributed by atoms with van der Waals surface area (Å²) in [6, 6.07) is 0. The average Bonchev–Trinajstić information content (AvgIpc) is 2.43. The summed E-state index contributed by atoms with van der Waals surface area (Å²) in [5.74, 6) is -0.0344. The van der Waals surface area contributed by atoms with Crippen molar-refractivity contribution >= 4 is 5.97 Å². The fourth-order valence-corrected chi connectivity index (χ4v) is 2.55. The molecular weight excluding hydrogens is 238 g/mol. The molecule has 19 heavy (non-hydrogen) atoms. The van der Waals surface area contributed by atoms with E-state index in [1.807, 2.05) is 5.06 Å². The van der Waals surface area contributed by atoms with Crippen molar-refractivity contribution in [3.8, 4) is 0 Å². The Balaban J connectivity index is 1.87.